The van der Waals surface area contributed by atoms with Gasteiger partial charge in [0.25, 0.3) is 0 Å². The minimum absolute atomic E-state index is 0.165. The standard InChI is InChI=1S/C15H21N3O2/c1-11(7-8-16)12-3-5-13(6-4-12)18-9-14(19)17(2)15(20)10-18/h3-6,11H,7-10,16H2,1-2H3. The number of amides is 2. The zero-order valence-corrected chi connectivity index (χ0v) is 12.0. The molecule has 1 heterocycles. The van der Waals surface area contributed by atoms with Crippen LogP contribution in [-0.4, -0.2) is 43.4 Å². The van der Waals surface area contributed by atoms with Gasteiger partial charge in [0, 0.05) is 12.7 Å². The molecule has 0 radical (unpaired) electrons. The number of carbonyl (C=O) groups is 2. The highest BCUT2D eigenvalue weighted by Crippen LogP contribution is 2.23. The van der Waals surface area contributed by atoms with Crippen LogP contribution in [0.1, 0.15) is 24.8 Å². The molecule has 1 aromatic carbocycles. The van der Waals surface area contributed by atoms with Crippen LogP contribution < -0.4 is 10.6 Å². The normalized spacial score (nSPS) is 17.6. The maximum absolute atomic E-state index is 11.7. The smallest absolute Gasteiger partial charge is 0.248 e. The van der Waals surface area contributed by atoms with Crippen LogP contribution in [0.4, 0.5) is 5.69 Å². The van der Waals surface area contributed by atoms with E-state index in [-0.39, 0.29) is 24.9 Å². The average Bonchev–Trinajstić information content (AvgIpc) is 2.44. The lowest BCUT2D eigenvalue weighted by Gasteiger charge is -2.32. The minimum atomic E-state index is -0.165. The Kier molecular flexibility index (Phi) is 4.39. The molecule has 5 heteroatoms. The molecule has 0 aliphatic carbocycles. The van der Waals surface area contributed by atoms with Gasteiger partial charge in [-0.2, -0.15) is 0 Å². The zero-order valence-electron chi connectivity index (χ0n) is 12.0. The molecule has 2 rings (SSSR count). The maximum atomic E-state index is 11.7. The van der Waals surface area contributed by atoms with E-state index in [1.54, 1.807) is 0 Å². The van der Waals surface area contributed by atoms with Gasteiger partial charge in [0.15, 0.2) is 0 Å². The number of nitrogens with two attached hydrogens (primary N) is 1. The number of hydrogen-bond acceptors (Lipinski definition) is 4. The second-order valence-corrected chi connectivity index (χ2v) is 5.27. The van der Waals surface area contributed by atoms with Gasteiger partial charge in [0.1, 0.15) is 0 Å². The predicted octanol–water partition coefficient (Wildman–Crippen LogP) is 0.944. The molecule has 1 fully saturated rings. The van der Waals surface area contributed by atoms with Crippen molar-refractivity contribution < 1.29 is 9.59 Å². The summed E-state index contributed by atoms with van der Waals surface area (Å²) in [6, 6.07) is 8.02. The Hall–Kier alpha value is -1.88. The molecule has 0 spiro atoms. The third-order valence-corrected chi connectivity index (χ3v) is 3.83. The molecule has 20 heavy (non-hydrogen) atoms. The molecule has 0 saturated carbocycles. The van der Waals surface area contributed by atoms with Crippen molar-refractivity contribution in [3.8, 4) is 0 Å². The lowest BCUT2D eigenvalue weighted by atomic mass is 9.97. The van der Waals surface area contributed by atoms with Gasteiger partial charge >= 0.3 is 0 Å². The van der Waals surface area contributed by atoms with Crippen LogP contribution >= 0.6 is 0 Å². The summed E-state index contributed by atoms with van der Waals surface area (Å²) in [6.45, 7) is 3.31. The molecule has 108 valence electrons. The SMILES string of the molecule is CC(CCN)c1ccc(N2CC(=O)N(C)C(=O)C2)cc1. The van der Waals surface area contributed by atoms with Gasteiger partial charge in [-0.05, 0) is 36.6 Å². The number of likely N-dealkylation sites (N-methyl/N-ethyl adjacent to an activating group) is 1. The van der Waals surface area contributed by atoms with Crippen LogP contribution in [0.25, 0.3) is 0 Å². The molecule has 5 nitrogen and oxygen atoms in total. The minimum Gasteiger partial charge on any atom is -0.353 e. The summed E-state index contributed by atoms with van der Waals surface area (Å²) in [7, 11) is 1.53. The molecule has 2 amide bonds. The number of benzene rings is 1. The van der Waals surface area contributed by atoms with Gasteiger partial charge in [0.2, 0.25) is 11.8 Å². The summed E-state index contributed by atoms with van der Waals surface area (Å²) in [6.07, 6.45) is 0.949. The lowest BCUT2D eigenvalue weighted by molar-refractivity contribution is -0.143. The van der Waals surface area contributed by atoms with Crippen molar-refractivity contribution in [2.45, 2.75) is 19.3 Å². The summed E-state index contributed by atoms with van der Waals surface area (Å²) in [5, 5.41) is 0. The maximum Gasteiger partial charge on any atom is 0.248 e. The molecule has 2 N–H and O–H groups in total. The Balaban J connectivity index is 2.10. The number of rotatable bonds is 4. The van der Waals surface area contributed by atoms with E-state index in [0.717, 1.165) is 12.1 Å². The summed E-state index contributed by atoms with van der Waals surface area (Å²) in [5.41, 5.74) is 7.70. The Morgan fingerprint density at radius 1 is 1.15 bits per heavy atom. The summed E-state index contributed by atoms with van der Waals surface area (Å²) in [4.78, 5) is 26.4. The molecule has 0 bridgehead atoms. The first-order valence-corrected chi connectivity index (χ1v) is 6.87. The lowest BCUT2D eigenvalue weighted by Crippen LogP contribution is -2.52. The largest absolute Gasteiger partial charge is 0.353 e. The van der Waals surface area contributed by atoms with E-state index in [2.05, 4.69) is 6.92 Å². The summed E-state index contributed by atoms with van der Waals surface area (Å²) in [5.74, 6) is 0.0912. The van der Waals surface area contributed by atoms with Crippen LogP contribution in [-0.2, 0) is 9.59 Å². The first kappa shape index (κ1) is 14.5. The number of imide groups is 1. The van der Waals surface area contributed by atoms with Gasteiger partial charge < -0.3 is 10.6 Å². The Morgan fingerprint density at radius 3 is 2.20 bits per heavy atom. The van der Waals surface area contributed by atoms with E-state index in [1.807, 2.05) is 29.2 Å². The predicted molar refractivity (Wildman–Crippen MR) is 78.5 cm³/mol. The average molecular weight is 275 g/mol. The first-order valence-electron chi connectivity index (χ1n) is 6.87. The number of piperazine rings is 1. The molecule has 1 aliphatic heterocycles. The Labute approximate surface area is 119 Å². The molecule has 1 aromatic rings. The summed E-state index contributed by atoms with van der Waals surface area (Å²) < 4.78 is 0. The van der Waals surface area contributed by atoms with Crippen molar-refractivity contribution in [1.29, 1.82) is 0 Å². The van der Waals surface area contributed by atoms with E-state index in [9.17, 15) is 9.59 Å². The molecule has 0 aromatic heterocycles. The third kappa shape index (κ3) is 2.99. The molecular formula is C15H21N3O2. The Morgan fingerprint density at radius 2 is 1.70 bits per heavy atom. The highest BCUT2D eigenvalue weighted by molar-refractivity contribution is 6.02. The van der Waals surface area contributed by atoms with E-state index in [1.165, 1.54) is 17.5 Å². The Bertz CT molecular complexity index is 480. The first-order chi connectivity index (χ1) is 9.52. The second-order valence-electron chi connectivity index (χ2n) is 5.27. The fourth-order valence-corrected chi connectivity index (χ4v) is 2.35. The molecule has 1 saturated heterocycles. The van der Waals surface area contributed by atoms with Gasteiger partial charge in [-0.1, -0.05) is 19.1 Å². The van der Waals surface area contributed by atoms with Crippen molar-refractivity contribution in [3.63, 3.8) is 0 Å². The number of hydrogen-bond donors (Lipinski definition) is 1. The van der Waals surface area contributed by atoms with Gasteiger partial charge in [-0.25, -0.2) is 0 Å². The number of carbonyl (C=O) groups excluding carboxylic acids is 2. The van der Waals surface area contributed by atoms with E-state index in [0.29, 0.717) is 12.5 Å². The van der Waals surface area contributed by atoms with E-state index in [4.69, 9.17) is 5.73 Å². The van der Waals surface area contributed by atoms with Gasteiger partial charge in [0.05, 0.1) is 13.1 Å². The van der Waals surface area contributed by atoms with Crippen LogP contribution in [0.3, 0.4) is 0 Å². The topological polar surface area (TPSA) is 66.6 Å². The van der Waals surface area contributed by atoms with Crippen molar-refractivity contribution in [2.24, 2.45) is 5.73 Å². The van der Waals surface area contributed by atoms with Crippen molar-refractivity contribution in [3.05, 3.63) is 29.8 Å². The highest BCUT2D eigenvalue weighted by atomic mass is 16.2. The zero-order chi connectivity index (χ0) is 14.7. The molecule has 1 atom stereocenters. The van der Waals surface area contributed by atoms with Crippen molar-refractivity contribution in [1.82, 2.24) is 4.90 Å². The van der Waals surface area contributed by atoms with Crippen molar-refractivity contribution >= 4 is 17.5 Å². The fourth-order valence-electron chi connectivity index (χ4n) is 2.35. The van der Waals surface area contributed by atoms with E-state index < -0.39 is 0 Å². The van der Waals surface area contributed by atoms with Gasteiger partial charge in [-0.3, -0.25) is 14.5 Å². The number of anilines is 1. The quantitative estimate of drug-likeness (QED) is 0.831. The molecule has 1 unspecified atom stereocenters. The van der Waals surface area contributed by atoms with Crippen molar-refractivity contribution in [2.75, 3.05) is 31.6 Å². The van der Waals surface area contributed by atoms with Gasteiger partial charge in [-0.15, -0.1) is 0 Å². The monoisotopic (exact) mass is 275 g/mol. The third-order valence-electron chi connectivity index (χ3n) is 3.83. The second kappa shape index (κ2) is 6.05. The molecular weight excluding hydrogens is 254 g/mol. The molecule has 1 aliphatic rings. The van der Waals surface area contributed by atoms with Crippen LogP contribution in [0.2, 0.25) is 0 Å². The van der Waals surface area contributed by atoms with E-state index >= 15 is 0 Å². The van der Waals surface area contributed by atoms with Crippen LogP contribution in [0, 0.1) is 0 Å². The fraction of sp³-hybridized carbons (Fsp3) is 0.467. The van der Waals surface area contributed by atoms with Crippen LogP contribution in [0.5, 0.6) is 0 Å². The highest BCUT2D eigenvalue weighted by Gasteiger charge is 2.28. The summed E-state index contributed by atoms with van der Waals surface area (Å²) >= 11 is 0. The van der Waals surface area contributed by atoms with Crippen LogP contribution in [0.15, 0.2) is 24.3 Å². The number of nitrogens with zero attached hydrogens (tertiary/aromatic N) is 2.